The molecule has 3 rings (SSSR count). The summed E-state index contributed by atoms with van der Waals surface area (Å²) >= 11 is 0. The van der Waals surface area contributed by atoms with Crippen LogP contribution in [-0.4, -0.2) is 43.0 Å². The third-order valence-electron chi connectivity index (χ3n) is 4.52. The van der Waals surface area contributed by atoms with Crippen molar-refractivity contribution in [3.05, 3.63) is 29.3 Å². The molecule has 1 aromatic carbocycles. The Morgan fingerprint density at radius 1 is 0.840 bits per heavy atom. The molecule has 2 fully saturated rings. The Labute approximate surface area is 149 Å². The molecule has 0 unspecified atom stereocenters. The summed E-state index contributed by atoms with van der Waals surface area (Å²) in [5.41, 5.74) is 2.19. The highest BCUT2D eigenvalue weighted by Crippen LogP contribution is 2.18. The van der Waals surface area contributed by atoms with E-state index in [1.54, 1.807) is 12.1 Å². The Morgan fingerprint density at radius 2 is 1.36 bits per heavy atom. The molecule has 0 radical (unpaired) electrons. The Bertz CT molecular complexity index is 486. The smallest absolute Gasteiger partial charge is 0.423 e. The van der Waals surface area contributed by atoms with E-state index in [2.05, 4.69) is 0 Å². The van der Waals surface area contributed by atoms with Gasteiger partial charge in [0.25, 0.3) is 0 Å². The number of ether oxygens (including phenoxy) is 4. The number of hydrogen-bond donors (Lipinski definition) is 2. The summed E-state index contributed by atoms with van der Waals surface area (Å²) in [5.74, 6) is 0. The normalized spacial score (nSPS) is 24.2. The molecule has 0 amide bonds. The minimum Gasteiger partial charge on any atom is -0.423 e. The molecule has 2 heterocycles. The molecule has 0 aromatic heterocycles. The molecule has 138 valence electrons. The van der Waals surface area contributed by atoms with Crippen LogP contribution < -0.4 is 5.46 Å². The van der Waals surface area contributed by atoms with Gasteiger partial charge >= 0.3 is 7.12 Å². The van der Waals surface area contributed by atoms with Crippen molar-refractivity contribution >= 4 is 12.6 Å². The van der Waals surface area contributed by atoms with E-state index < -0.39 is 7.12 Å². The van der Waals surface area contributed by atoms with Crippen LogP contribution in [0.1, 0.15) is 49.7 Å². The summed E-state index contributed by atoms with van der Waals surface area (Å²) in [7, 11) is -1.52. The van der Waals surface area contributed by atoms with Crippen LogP contribution in [0, 0.1) is 0 Å². The fourth-order valence-electron chi connectivity index (χ4n) is 3.17. The van der Waals surface area contributed by atoms with E-state index in [1.807, 2.05) is 6.07 Å². The van der Waals surface area contributed by atoms with E-state index in [-0.39, 0.29) is 12.6 Å². The van der Waals surface area contributed by atoms with Gasteiger partial charge in [-0.25, -0.2) is 0 Å². The summed E-state index contributed by atoms with van der Waals surface area (Å²) < 4.78 is 22.7. The summed E-state index contributed by atoms with van der Waals surface area (Å²) in [6, 6.07) is 5.46. The van der Waals surface area contributed by atoms with E-state index in [0.717, 1.165) is 62.9 Å². The van der Waals surface area contributed by atoms with Crippen molar-refractivity contribution in [1.82, 2.24) is 0 Å². The van der Waals surface area contributed by atoms with Crippen LogP contribution >= 0.6 is 0 Å². The maximum absolute atomic E-state index is 9.53. The standard InChI is InChI=1S/C18H27BO6/c20-19(21)16-10-14(12-24-17-5-1-3-7-22-17)9-15(11-16)13-25-18-6-2-4-8-23-18/h9-11,17-18,20-21H,1-8,12-13H2/t17-,18+. The van der Waals surface area contributed by atoms with Crippen LogP contribution in [0.4, 0.5) is 0 Å². The first kappa shape index (κ1) is 18.8. The molecule has 0 saturated carbocycles. The Morgan fingerprint density at radius 3 is 1.76 bits per heavy atom. The second-order valence-electron chi connectivity index (χ2n) is 6.67. The van der Waals surface area contributed by atoms with E-state index in [9.17, 15) is 10.0 Å². The molecular formula is C18H27BO6. The third kappa shape index (κ3) is 6.06. The quantitative estimate of drug-likeness (QED) is 0.725. The average Bonchev–Trinajstić information content (AvgIpc) is 2.66. The first-order valence-corrected chi connectivity index (χ1v) is 9.16. The molecule has 0 aliphatic carbocycles. The number of benzene rings is 1. The van der Waals surface area contributed by atoms with Gasteiger partial charge in [0.1, 0.15) is 0 Å². The lowest BCUT2D eigenvalue weighted by atomic mass is 9.78. The molecular weight excluding hydrogens is 323 g/mol. The molecule has 2 atom stereocenters. The van der Waals surface area contributed by atoms with Crippen molar-refractivity contribution in [2.45, 2.75) is 64.3 Å². The van der Waals surface area contributed by atoms with Gasteiger partial charge in [-0.15, -0.1) is 0 Å². The second kappa shape index (κ2) is 9.66. The second-order valence-corrected chi connectivity index (χ2v) is 6.67. The highest BCUT2D eigenvalue weighted by atomic mass is 16.7. The molecule has 0 spiro atoms. The van der Waals surface area contributed by atoms with E-state index in [0.29, 0.717) is 18.7 Å². The summed E-state index contributed by atoms with van der Waals surface area (Å²) in [6.45, 7) is 2.22. The van der Waals surface area contributed by atoms with Crippen molar-refractivity contribution in [2.75, 3.05) is 13.2 Å². The fourth-order valence-corrected chi connectivity index (χ4v) is 3.17. The maximum Gasteiger partial charge on any atom is 0.488 e. The zero-order valence-electron chi connectivity index (χ0n) is 14.6. The highest BCUT2D eigenvalue weighted by Gasteiger charge is 2.18. The van der Waals surface area contributed by atoms with Gasteiger partial charge in [-0.3, -0.25) is 0 Å². The molecule has 2 N–H and O–H groups in total. The number of hydrogen-bond acceptors (Lipinski definition) is 6. The molecule has 2 saturated heterocycles. The summed E-state index contributed by atoms with van der Waals surface area (Å²) in [4.78, 5) is 0. The fraction of sp³-hybridized carbons (Fsp3) is 0.667. The van der Waals surface area contributed by atoms with Crippen molar-refractivity contribution in [1.29, 1.82) is 0 Å². The molecule has 7 heteroatoms. The van der Waals surface area contributed by atoms with Crippen LogP contribution in [0.15, 0.2) is 18.2 Å². The van der Waals surface area contributed by atoms with Gasteiger partial charge < -0.3 is 29.0 Å². The van der Waals surface area contributed by atoms with Gasteiger partial charge in [-0.05, 0) is 55.1 Å². The monoisotopic (exact) mass is 350 g/mol. The lowest BCUT2D eigenvalue weighted by Crippen LogP contribution is -2.31. The SMILES string of the molecule is OB(O)c1cc(CO[C@@H]2CCCCO2)cc(CO[C@H]2CCCCO2)c1. The van der Waals surface area contributed by atoms with Gasteiger partial charge in [0.15, 0.2) is 12.6 Å². The zero-order chi connectivity index (χ0) is 17.5. The van der Waals surface area contributed by atoms with Crippen molar-refractivity contribution < 1.29 is 29.0 Å². The first-order chi connectivity index (χ1) is 12.2. The Balaban J connectivity index is 1.59. The van der Waals surface area contributed by atoms with Crippen LogP contribution in [-0.2, 0) is 32.2 Å². The predicted molar refractivity (Wildman–Crippen MR) is 93.0 cm³/mol. The van der Waals surface area contributed by atoms with Crippen molar-refractivity contribution in [2.24, 2.45) is 0 Å². The largest absolute Gasteiger partial charge is 0.488 e. The first-order valence-electron chi connectivity index (χ1n) is 9.16. The summed E-state index contributed by atoms with van der Waals surface area (Å²) in [5, 5.41) is 19.1. The Kier molecular flexibility index (Phi) is 7.28. The highest BCUT2D eigenvalue weighted by molar-refractivity contribution is 6.58. The lowest BCUT2D eigenvalue weighted by molar-refractivity contribution is -0.169. The predicted octanol–water partition coefficient (Wildman–Crippen LogP) is 1.45. The van der Waals surface area contributed by atoms with Crippen LogP contribution in [0.25, 0.3) is 0 Å². The Hall–Kier alpha value is -0.955. The minimum atomic E-state index is -1.52. The topological polar surface area (TPSA) is 77.4 Å². The third-order valence-corrected chi connectivity index (χ3v) is 4.52. The van der Waals surface area contributed by atoms with Crippen molar-refractivity contribution in [3.8, 4) is 0 Å². The van der Waals surface area contributed by atoms with Crippen LogP contribution in [0.3, 0.4) is 0 Å². The van der Waals surface area contributed by atoms with Crippen molar-refractivity contribution in [3.63, 3.8) is 0 Å². The molecule has 25 heavy (non-hydrogen) atoms. The van der Waals surface area contributed by atoms with Gasteiger partial charge in [-0.1, -0.05) is 18.2 Å². The minimum absolute atomic E-state index is 0.174. The van der Waals surface area contributed by atoms with E-state index >= 15 is 0 Å². The summed E-state index contributed by atoms with van der Waals surface area (Å²) in [6.07, 6.45) is 5.84. The molecule has 1 aromatic rings. The lowest BCUT2D eigenvalue weighted by Gasteiger charge is -2.24. The van der Waals surface area contributed by atoms with Crippen LogP contribution in [0.5, 0.6) is 0 Å². The molecule has 2 aliphatic rings. The van der Waals surface area contributed by atoms with E-state index in [1.165, 1.54) is 0 Å². The van der Waals surface area contributed by atoms with E-state index in [4.69, 9.17) is 18.9 Å². The number of rotatable bonds is 7. The molecule has 0 bridgehead atoms. The molecule has 2 aliphatic heterocycles. The zero-order valence-corrected chi connectivity index (χ0v) is 14.6. The average molecular weight is 350 g/mol. The van der Waals surface area contributed by atoms with Gasteiger partial charge in [0, 0.05) is 13.2 Å². The van der Waals surface area contributed by atoms with Gasteiger partial charge in [0.2, 0.25) is 0 Å². The molecule has 6 nitrogen and oxygen atoms in total. The van der Waals surface area contributed by atoms with Crippen LogP contribution in [0.2, 0.25) is 0 Å². The van der Waals surface area contributed by atoms with Gasteiger partial charge in [0.05, 0.1) is 13.2 Å². The van der Waals surface area contributed by atoms with Gasteiger partial charge in [-0.2, -0.15) is 0 Å². The maximum atomic E-state index is 9.53.